The highest BCUT2D eigenvalue weighted by molar-refractivity contribution is 7.26. The van der Waals surface area contributed by atoms with Crippen LogP contribution in [-0.4, -0.2) is 19.5 Å². The van der Waals surface area contributed by atoms with Crippen molar-refractivity contribution >= 4 is 42.5 Å². The van der Waals surface area contributed by atoms with E-state index < -0.39 is 0 Å². The summed E-state index contributed by atoms with van der Waals surface area (Å²) in [7, 11) is 0. The molecule has 7 aromatic rings. The van der Waals surface area contributed by atoms with E-state index in [-0.39, 0.29) is 0 Å². The van der Waals surface area contributed by atoms with Crippen LogP contribution in [0.3, 0.4) is 0 Å². The summed E-state index contributed by atoms with van der Waals surface area (Å²) in [6, 6.07) is 37.2. The highest BCUT2D eigenvalue weighted by Gasteiger charge is 2.20. The Kier molecular flexibility index (Phi) is 4.29. The van der Waals surface area contributed by atoms with Crippen molar-refractivity contribution in [1.29, 1.82) is 0 Å². The maximum Gasteiger partial charge on any atom is 0.238 e. The molecule has 3 heterocycles. The normalized spacial score (nSPS) is 11.5. The van der Waals surface area contributed by atoms with Gasteiger partial charge < -0.3 is 0 Å². The van der Waals surface area contributed by atoms with Gasteiger partial charge in [-0.25, -0.2) is 4.98 Å². The second-order valence-corrected chi connectivity index (χ2v) is 9.20. The predicted octanol–water partition coefficient (Wildman–Crippen LogP) is 7.52. The van der Waals surface area contributed by atoms with E-state index in [0.29, 0.717) is 17.6 Å². The minimum absolute atomic E-state index is 0.627. The molecule has 0 saturated carbocycles. The Morgan fingerprint density at radius 3 is 1.76 bits per heavy atom. The van der Waals surface area contributed by atoms with E-state index in [1.807, 2.05) is 72.0 Å². The second kappa shape index (κ2) is 7.61. The topological polar surface area (TPSA) is 43.6 Å². The van der Waals surface area contributed by atoms with E-state index in [2.05, 4.69) is 53.1 Å². The highest BCUT2D eigenvalue weighted by atomic mass is 32.1. The van der Waals surface area contributed by atoms with Crippen molar-refractivity contribution in [2.75, 3.05) is 0 Å². The van der Waals surface area contributed by atoms with Crippen molar-refractivity contribution in [1.82, 2.24) is 19.5 Å². The quantitative estimate of drug-likeness (QED) is 0.277. The highest BCUT2D eigenvalue weighted by Crippen LogP contribution is 2.41. The van der Waals surface area contributed by atoms with E-state index in [9.17, 15) is 0 Å². The molecule has 0 spiro atoms. The van der Waals surface area contributed by atoms with Crippen molar-refractivity contribution < 1.29 is 0 Å². The third kappa shape index (κ3) is 2.95. The van der Waals surface area contributed by atoms with E-state index in [0.717, 1.165) is 22.2 Å². The van der Waals surface area contributed by atoms with E-state index in [1.165, 1.54) is 20.2 Å². The average molecular weight is 455 g/mol. The molecule has 0 unspecified atom stereocenters. The fourth-order valence-corrected chi connectivity index (χ4v) is 5.74. The van der Waals surface area contributed by atoms with Gasteiger partial charge in [0.1, 0.15) is 0 Å². The molecule has 4 aromatic carbocycles. The van der Waals surface area contributed by atoms with Gasteiger partial charge in [0, 0.05) is 26.6 Å². The van der Waals surface area contributed by atoms with Gasteiger partial charge in [0.25, 0.3) is 0 Å². The number of fused-ring (bicyclic) bond motifs is 5. The van der Waals surface area contributed by atoms with Gasteiger partial charge in [0.15, 0.2) is 11.6 Å². The van der Waals surface area contributed by atoms with Gasteiger partial charge in [-0.15, -0.1) is 11.3 Å². The lowest BCUT2D eigenvalue weighted by atomic mass is 10.2. The SMILES string of the molecule is c1ccc(-c2nc(-c3ccccc3)nc(-n3c4ccccc4c4sc5ccccc5c43)n2)cc1. The number of nitrogens with zero attached hydrogens (tertiary/aromatic N) is 4. The standard InChI is InChI=1S/C29H18N4S/c1-3-11-19(12-4-1)27-30-28(20-13-5-2-6-14-20)32-29(31-27)33-23-17-9-7-15-21(23)26-25(33)22-16-8-10-18-24(22)34-26/h1-18H. The molecule has 0 aliphatic carbocycles. The molecule has 0 bridgehead atoms. The minimum Gasteiger partial charge on any atom is -0.276 e. The summed E-state index contributed by atoms with van der Waals surface area (Å²) in [6.45, 7) is 0. The lowest BCUT2D eigenvalue weighted by Gasteiger charge is -2.10. The molecule has 0 aliphatic rings. The predicted molar refractivity (Wildman–Crippen MR) is 140 cm³/mol. The lowest BCUT2D eigenvalue weighted by molar-refractivity contribution is 0.955. The van der Waals surface area contributed by atoms with Crippen LogP contribution in [0.1, 0.15) is 0 Å². The fraction of sp³-hybridized carbons (Fsp3) is 0. The first kappa shape index (κ1) is 19.1. The van der Waals surface area contributed by atoms with E-state index >= 15 is 0 Å². The number of rotatable bonds is 3. The molecule has 3 aromatic heterocycles. The zero-order valence-electron chi connectivity index (χ0n) is 18.1. The summed E-state index contributed by atoms with van der Waals surface area (Å²) in [5, 5.41) is 2.42. The van der Waals surface area contributed by atoms with Crippen LogP contribution in [-0.2, 0) is 0 Å². The number of thiophene rings is 1. The number of aromatic nitrogens is 4. The Hall–Kier alpha value is -4.35. The average Bonchev–Trinajstić information content (AvgIpc) is 3.44. The van der Waals surface area contributed by atoms with Gasteiger partial charge in [-0.05, 0) is 12.1 Å². The summed E-state index contributed by atoms with van der Waals surface area (Å²) in [6.07, 6.45) is 0. The maximum absolute atomic E-state index is 5.00. The summed E-state index contributed by atoms with van der Waals surface area (Å²) >= 11 is 1.82. The van der Waals surface area contributed by atoms with Gasteiger partial charge >= 0.3 is 0 Å². The van der Waals surface area contributed by atoms with Gasteiger partial charge in [-0.1, -0.05) is 97.1 Å². The van der Waals surface area contributed by atoms with E-state index in [1.54, 1.807) is 0 Å². The Labute approximate surface area is 199 Å². The van der Waals surface area contributed by atoms with Gasteiger partial charge in [-0.3, -0.25) is 4.57 Å². The molecule has 160 valence electrons. The third-order valence-corrected chi connectivity index (χ3v) is 7.26. The number of benzene rings is 4. The van der Waals surface area contributed by atoms with Crippen LogP contribution in [0.5, 0.6) is 0 Å². The zero-order chi connectivity index (χ0) is 22.5. The molecule has 7 rings (SSSR count). The van der Waals surface area contributed by atoms with Crippen molar-refractivity contribution in [3.05, 3.63) is 109 Å². The first-order chi connectivity index (χ1) is 16.9. The molecule has 5 heteroatoms. The molecule has 0 radical (unpaired) electrons. The molecule has 0 atom stereocenters. The number of hydrogen-bond acceptors (Lipinski definition) is 4. The van der Waals surface area contributed by atoms with Crippen LogP contribution in [0.2, 0.25) is 0 Å². The molecule has 0 saturated heterocycles. The summed E-state index contributed by atoms with van der Waals surface area (Å²) in [5.41, 5.74) is 4.17. The second-order valence-electron chi connectivity index (χ2n) is 8.14. The Balaban J connectivity index is 1.61. The largest absolute Gasteiger partial charge is 0.276 e. The lowest BCUT2D eigenvalue weighted by Crippen LogP contribution is -2.06. The Morgan fingerprint density at radius 2 is 1.09 bits per heavy atom. The summed E-state index contributed by atoms with van der Waals surface area (Å²) in [4.78, 5) is 14.9. The summed E-state index contributed by atoms with van der Waals surface area (Å²) < 4.78 is 4.71. The van der Waals surface area contributed by atoms with Crippen molar-refractivity contribution in [2.24, 2.45) is 0 Å². The molecule has 4 nitrogen and oxygen atoms in total. The number of para-hydroxylation sites is 1. The van der Waals surface area contributed by atoms with Crippen LogP contribution in [0, 0.1) is 0 Å². The van der Waals surface area contributed by atoms with Crippen LogP contribution >= 0.6 is 11.3 Å². The zero-order valence-corrected chi connectivity index (χ0v) is 18.9. The fourth-order valence-electron chi connectivity index (χ4n) is 4.52. The van der Waals surface area contributed by atoms with Gasteiger partial charge in [-0.2, -0.15) is 9.97 Å². The van der Waals surface area contributed by atoms with Gasteiger partial charge in [0.2, 0.25) is 5.95 Å². The van der Waals surface area contributed by atoms with Crippen molar-refractivity contribution in [3.63, 3.8) is 0 Å². The molecular formula is C29H18N4S. The molecule has 0 aliphatic heterocycles. The van der Waals surface area contributed by atoms with Crippen molar-refractivity contribution in [3.8, 4) is 28.7 Å². The van der Waals surface area contributed by atoms with Crippen LogP contribution < -0.4 is 0 Å². The van der Waals surface area contributed by atoms with E-state index in [4.69, 9.17) is 15.0 Å². The summed E-state index contributed by atoms with van der Waals surface area (Å²) in [5.74, 6) is 1.95. The van der Waals surface area contributed by atoms with Crippen LogP contribution in [0.4, 0.5) is 0 Å². The first-order valence-corrected chi connectivity index (χ1v) is 12.0. The molecule has 0 amide bonds. The third-order valence-electron chi connectivity index (χ3n) is 6.07. The van der Waals surface area contributed by atoms with Gasteiger partial charge in [0.05, 0.1) is 15.7 Å². The Morgan fingerprint density at radius 1 is 0.529 bits per heavy atom. The maximum atomic E-state index is 5.00. The smallest absolute Gasteiger partial charge is 0.238 e. The monoisotopic (exact) mass is 454 g/mol. The van der Waals surface area contributed by atoms with Crippen LogP contribution in [0.15, 0.2) is 109 Å². The van der Waals surface area contributed by atoms with Crippen molar-refractivity contribution in [2.45, 2.75) is 0 Å². The minimum atomic E-state index is 0.627. The molecule has 0 fully saturated rings. The molecule has 34 heavy (non-hydrogen) atoms. The Bertz CT molecular complexity index is 1740. The molecular weight excluding hydrogens is 436 g/mol. The van der Waals surface area contributed by atoms with Crippen LogP contribution in [0.25, 0.3) is 59.9 Å². The first-order valence-electron chi connectivity index (χ1n) is 11.1. The molecule has 0 N–H and O–H groups in total. The number of hydrogen-bond donors (Lipinski definition) is 0.